The molecule has 104 heavy (non-hydrogen) atoms. The van der Waals surface area contributed by atoms with Gasteiger partial charge in [-0.15, -0.1) is 0 Å². The molecule has 5 aliphatic rings. The molecule has 31 nitrogen and oxygen atoms in total. The van der Waals surface area contributed by atoms with E-state index in [1.165, 1.54) is 7.11 Å². The number of nitrogens with zero attached hydrogens (tertiary/aromatic N) is 6. The van der Waals surface area contributed by atoms with Gasteiger partial charge in [0.2, 0.25) is 0 Å². The third-order valence-corrected chi connectivity index (χ3v) is 18.4. The Bertz CT molecular complexity index is 3660. The van der Waals surface area contributed by atoms with Gasteiger partial charge in [-0.25, -0.2) is 4.79 Å². The summed E-state index contributed by atoms with van der Waals surface area (Å²) in [5, 5.41) is 77.7. The van der Waals surface area contributed by atoms with E-state index in [9.17, 15) is 51.3 Å². The van der Waals surface area contributed by atoms with Crippen molar-refractivity contribution in [1.82, 2.24) is 0 Å². The molecule has 8 N–H and O–H groups in total. The molecule has 11 rings (SSSR count). The first kappa shape index (κ1) is 77.3. The van der Waals surface area contributed by atoms with Crippen LogP contribution in [0, 0.1) is 0 Å². The smallest absolute Gasteiger partial charge is 0.335 e. The van der Waals surface area contributed by atoms with Gasteiger partial charge < -0.3 is 117 Å². The molecule has 5 saturated heterocycles. The fourth-order valence-electron chi connectivity index (χ4n) is 13.1. The van der Waals surface area contributed by atoms with Crippen molar-refractivity contribution in [2.45, 2.75) is 193 Å². The van der Waals surface area contributed by atoms with E-state index < -0.39 is 179 Å². The second kappa shape index (κ2) is 38.5. The average Bonchev–Trinajstić information content (AvgIpc) is 0.768. The van der Waals surface area contributed by atoms with Crippen LogP contribution < -0.4 is 5.73 Å². The second-order valence-electron chi connectivity index (χ2n) is 25.2. The summed E-state index contributed by atoms with van der Waals surface area (Å²) in [7, 11) is 1.31. The Morgan fingerprint density at radius 2 is 0.779 bits per heavy atom. The number of carbonyl (C=O) groups excluding carboxylic acids is 1. The summed E-state index contributed by atoms with van der Waals surface area (Å²) in [4.78, 5) is 33.7. The van der Waals surface area contributed by atoms with Crippen molar-refractivity contribution in [2.24, 2.45) is 16.0 Å². The molecule has 0 saturated carbocycles. The molecule has 0 amide bonds. The SMILES string of the molecule is CO[C@H]1OC(CO)[C@@H](O[C@@H]2OC(C=O)[C@H](O[C@@H]3OC(CO)[C@@H](O[C@@H]4OC(C(=O)O)[C@@H](O[C@H]5OC(CO)[C@@H](OCc6ccccc6)[C@H](OCc6ccccc6)C5N=[N+]=[N-])[C@H](OCc5ccccc5)C4OCc4ccccc4)[C@H](O)C3N)[C@@H](OCc3ccccc3)C2O)[C@H](OCc2ccccc2)C1N=[N+]=[N-]. The molecule has 5 aliphatic heterocycles. The van der Waals surface area contributed by atoms with Gasteiger partial charge in [-0.1, -0.05) is 192 Å². The summed E-state index contributed by atoms with van der Waals surface area (Å²) in [6.45, 7) is -3.04. The van der Waals surface area contributed by atoms with E-state index in [0.29, 0.717) is 28.5 Å². The van der Waals surface area contributed by atoms with Gasteiger partial charge in [0.1, 0.15) is 110 Å². The zero-order chi connectivity index (χ0) is 72.9. The van der Waals surface area contributed by atoms with Crippen LogP contribution in [0.25, 0.3) is 20.9 Å². The number of carbonyl (C=O) groups is 2. The standard InChI is InChI=1S/C73H85N7O24/c1-89-70-53(77-79-75)62(92-38-44-24-12-4-13-25-44)59(50(34-83)97-70)102-72-56(86)63(93-39-45-26-14-5-15-27-45)60(51(35-84)99-72)101-69-52(74)55(85)57(48(32-81)96-69)100-73-67(95-41-47-30-18-7-19-31-47)64(94-40-46-28-16-6-17-29-46)65(66(104-73)68(87)88)103-71-54(78-80-76)61(91-37-43-22-10-3-11-23-43)58(49(33-82)98-71)90-36-42-20-8-2-9-21-42/h2-31,35,48-67,69-73,81-83,85-86H,32-34,36-41,74H2,1H3,(H,87,88)/t48?,49?,50?,51?,52?,53?,54?,55-,56?,57-,58-,59-,60+,61-,62-,63+,64+,65+,66?,67?,69+,70+,71-,72+,73-/m1/s1. The van der Waals surface area contributed by atoms with Gasteiger partial charge in [0.15, 0.2) is 43.8 Å². The fraction of sp³-hybridized carbons (Fsp3) is 0.479. The highest BCUT2D eigenvalue weighted by Gasteiger charge is 2.59. The van der Waals surface area contributed by atoms with Gasteiger partial charge in [0, 0.05) is 16.9 Å². The Labute approximate surface area is 598 Å². The molecule has 0 spiro atoms. The van der Waals surface area contributed by atoms with Gasteiger partial charge >= 0.3 is 5.97 Å². The van der Waals surface area contributed by atoms with Crippen molar-refractivity contribution in [2.75, 3.05) is 26.9 Å². The number of methoxy groups -OCH3 is 1. The summed E-state index contributed by atoms with van der Waals surface area (Å²) < 4.78 is 103. The van der Waals surface area contributed by atoms with E-state index in [2.05, 4.69) is 20.1 Å². The Balaban J connectivity index is 0.886. The molecule has 0 aliphatic carbocycles. The first-order valence-electron chi connectivity index (χ1n) is 33.9. The molecule has 0 aromatic heterocycles. The third-order valence-electron chi connectivity index (χ3n) is 18.4. The number of nitrogens with two attached hydrogens (primary N) is 1. The van der Waals surface area contributed by atoms with Crippen LogP contribution in [0.5, 0.6) is 0 Å². The lowest BCUT2D eigenvalue weighted by Crippen LogP contribution is -2.69. The number of aliphatic hydroxyl groups excluding tert-OH is 5. The van der Waals surface area contributed by atoms with Crippen molar-refractivity contribution in [3.63, 3.8) is 0 Å². The van der Waals surface area contributed by atoms with E-state index in [-0.39, 0.29) is 39.6 Å². The number of azide groups is 2. The van der Waals surface area contributed by atoms with Crippen LogP contribution in [0.1, 0.15) is 33.4 Å². The number of hydrogen-bond donors (Lipinski definition) is 7. The monoisotopic (exact) mass is 1440 g/mol. The summed E-state index contributed by atoms with van der Waals surface area (Å²) >= 11 is 0. The van der Waals surface area contributed by atoms with Crippen LogP contribution in [-0.2, 0) is 125 Å². The summed E-state index contributed by atoms with van der Waals surface area (Å²) in [6, 6.07) is 49.3. The predicted molar refractivity (Wildman–Crippen MR) is 361 cm³/mol. The zero-order valence-electron chi connectivity index (χ0n) is 56.5. The Morgan fingerprint density at radius 3 is 1.21 bits per heavy atom. The number of aliphatic carboxylic acids is 1. The number of carboxylic acid groups (broad SMARTS) is 1. The molecule has 10 unspecified atom stereocenters. The summed E-state index contributed by atoms with van der Waals surface area (Å²) in [5.41, 5.74) is 31.0. The van der Waals surface area contributed by atoms with Crippen molar-refractivity contribution in [3.8, 4) is 0 Å². The third kappa shape index (κ3) is 19.2. The highest BCUT2D eigenvalue weighted by molar-refractivity contribution is 5.73. The van der Waals surface area contributed by atoms with Gasteiger partial charge in [-0.3, -0.25) is 0 Å². The first-order valence-corrected chi connectivity index (χ1v) is 33.9. The Hall–Kier alpha value is -7.80. The normalized spacial score (nSPS) is 33.5. The largest absolute Gasteiger partial charge is 0.479 e. The number of rotatable bonds is 34. The first-order chi connectivity index (χ1) is 50.8. The van der Waals surface area contributed by atoms with Crippen molar-refractivity contribution < 1.29 is 116 Å². The Morgan fingerprint density at radius 1 is 0.423 bits per heavy atom. The van der Waals surface area contributed by atoms with E-state index in [4.69, 9.17) is 81.5 Å². The zero-order valence-corrected chi connectivity index (χ0v) is 56.5. The van der Waals surface area contributed by atoms with Gasteiger partial charge in [0.05, 0.1) is 65.5 Å². The van der Waals surface area contributed by atoms with E-state index in [1.54, 1.807) is 115 Å². The predicted octanol–water partition coefficient (Wildman–Crippen LogP) is 4.98. The second-order valence-corrected chi connectivity index (χ2v) is 25.2. The summed E-state index contributed by atoms with van der Waals surface area (Å²) in [6.07, 6.45) is -34.8. The van der Waals surface area contributed by atoms with Gasteiger partial charge in [0.25, 0.3) is 0 Å². The minimum Gasteiger partial charge on any atom is -0.479 e. The van der Waals surface area contributed by atoms with Crippen LogP contribution >= 0.6 is 0 Å². The van der Waals surface area contributed by atoms with Crippen LogP contribution in [0.15, 0.2) is 192 Å². The van der Waals surface area contributed by atoms with Gasteiger partial charge in [-0.05, 0) is 44.4 Å². The lowest BCUT2D eigenvalue weighted by atomic mass is 9.94. The lowest BCUT2D eigenvalue weighted by Gasteiger charge is -2.51. The molecule has 5 heterocycles. The number of hydrogen-bond acceptors (Lipinski definition) is 26. The maximum atomic E-state index is 14.0. The maximum Gasteiger partial charge on any atom is 0.335 e. The highest BCUT2D eigenvalue weighted by Crippen LogP contribution is 2.40. The number of carboxylic acids is 1. The highest BCUT2D eigenvalue weighted by atomic mass is 16.8. The lowest BCUT2D eigenvalue weighted by molar-refractivity contribution is -0.381. The van der Waals surface area contributed by atoms with E-state index in [1.807, 2.05) is 66.7 Å². The number of benzene rings is 6. The van der Waals surface area contributed by atoms with E-state index >= 15 is 0 Å². The molecule has 25 atom stereocenters. The number of aldehydes is 1. The van der Waals surface area contributed by atoms with Crippen molar-refractivity contribution >= 4 is 12.3 Å². The molecule has 5 fully saturated rings. The van der Waals surface area contributed by atoms with Gasteiger partial charge in [-0.2, -0.15) is 0 Å². The molecule has 0 radical (unpaired) electrons. The Kier molecular flexibility index (Phi) is 28.6. The van der Waals surface area contributed by atoms with Crippen LogP contribution in [-0.4, -0.2) is 223 Å². The summed E-state index contributed by atoms with van der Waals surface area (Å²) in [5.74, 6) is -1.63. The minimum absolute atomic E-state index is 0.0108. The molecular weight excluding hydrogens is 1360 g/mol. The fourth-order valence-corrected chi connectivity index (χ4v) is 13.1. The topological polar surface area (TPSA) is 427 Å². The number of aliphatic hydroxyl groups is 5. The van der Waals surface area contributed by atoms with E-state index in [0.717, 1.165) is 11.1 Å². The molecule has 6 aromatic carbocycles. The molecule has 31 heteroatoms. The maximum absolute atomic E-state index is 14.0. The molecule has 6 aromatic rings. The van der Waals surface area contributed by atoms with Crippen LogP contribution in [0.4, 0.5) is 0 Å². The minimum atomic E-state index is -2.10. The quantitative estimate of drug-likeness (QED) is 0.0121. The van der Waals surface area contributed by atoms with Crippen LogP contribution in [0.3, 0.4) is 0 Å². The van der Waals surface area contributed by atoms with Crippen molar-refractivity contribution in [3.05, 3.63) is 236 Å². The number of ether oxygens (including phenoxy) is 16. The molecular formula is C73H85N7O24. The molecule has 556 valence electrons. The van der Waals surface area contributed by atoms with Crippen molar-refractivity contribution in [1.29, 1.82) is 0 Å². The molecule has 0 bridgehead atoms. The average molecular weight is 1440 g/mol. The van der Waals surface area contributed by atoms with Crippen LogP contribution in [0.2, 0.25) is 0 Å².